The number of phenolic OH excluding ortho intramolecular Hbond substituents is 1. The van der Waals surface area contributed by atoms with E-state index in [2.05, 4.69) is 12.1 Å². The zero-order valence-electron chi connectivity index (χ0n) is 11.4. The normalized spacial score (nSPS) is 17.2. The van der Waals surface area contributed by atoms with Crippen LogP contribution in [-0.2, 0) is 13.0 Å². The average molecular weight is 270 g/mol. The third-order valence-electron chi connectivity index (χ3n) is 4.35. The molecule has 0 saturated carbocycles. The van der Waals surface area contributed by atoms with Crippen LogP contribution in [0, 0.1) is 6.92 Å². The highest BCUT2D eigenvalue weighted by Crippen LogP contribution is 2.48. The highest BCUT2D eigenvalue weighted by molar-refractivity contribution is 5.62. The van der Waals surface area contributed by atoms with E-state index in [9.17, 15) is 15.3 Å². The van der Waals surface area contributed by atoms with E-state index in [1.54, 1.807) is 0 Å². The predicted molar refractivity (Wildman–Crippen MR) is 77.0 cm³/mol. The maximum Gasteiger partial charge on any atom is 0.163 e. The van der Waals surface area contributed by atoms with Gasteiger partial charge in [0.05, 0.1) is 6.61 Å². The largest absolute Gasteiger partial charge is 0.504 e. The SMILES string of the molecule is Cc1c(O)c(O)c(CO)c2c1C(c1ccccc1)CC2. The molecule has 0 saturated heterocycles. The van der Waals surface area contributed by atoms with Gasteiger partial charge in [-0.3, -0.25) is 0 Å². The van der Waals surface area contributed by atoms with E-state index in [1.165, 1.54) is 5.56 Å². The Balaban J connectivity index is 2.21. The predicted octanol–water partition coefficient (Wildman–Crippen LogP) is 2.98. The number of phenols is 2. The van der Waals surface area contributed by atoms with Crippen LogP contribution in [0.15, 0.2) is 30.3 Å². The van der Waals surface area contributed by atoms with E-state index < -0.39 is 0 Å². The molecule has 0 heterocycles. The molecule has 0 amide bonds. The second kappa shape index (κ2) is 4.84. The van der Waals surface area contributed by atoms with E-state index >= 15 is 0 Å². The van der Waals surface area contributed by atoms with Gasteiger partial charge in [-0.1, -0.05) is 30.3 Å². The lowest BCUT2D eigenvalue weighted by molar-refractivity contribution is 0.271. The minimum absolute atomic E-state index is 0.101. The molecular formula is C17H18O3. The molecule has 20 heavy (non-hydrogen) atoms. The van der Waals surface area contributed by atoms with Crippen molar-refractivity contribution in [3.05, 3.63) is 58.1 Å². The summed E-state index contributed by atoms with van der Waals surface area (Å²) in [5.74, 6) is -0.0453. The van der Waals surface area contributed by atoms with Gasteiger partial charge in [0, 0.05) is 11.5 Å². The van der Waals surface area contributed by atoms with Gasteiger partial charge < -0.3 is 15.3 Å². The Morgan fingerprint density at radius 2 is 1.80 bits per heavy atom. The second-order valence-electron chi connectivity index (χ2n) is 5.35. The molecule has 3 N–H and O–H groups in total. The lowest BCUT2D eigenvalue weighted by atomic mass is 9.88. The van der Waals surface area contributed by atoms with Gasteiger partial charge in [-0.05, 0) is 42.0 Å². The van der Waals surface area contributed by atoms with Crippen molar-refractivity contribution in [2.75, 3.05) is 0 Å². The van der Waals surface area contributed by atoms with Crippen LogP contribution in [0.25, 0.3) is 0 Å². The first-order valence-corrected chi connectivity index (χ1v) is 6.87. The van der Waals surface area contributed by atoms with E-state index in [4.69, 9.17) is 0 Å². The first kappa shape index (κ1) is 13.0. The zero-order chi connectivity index (χ0) is 14.3. The van der Waals surface area contributed by atoms with Gasteiger partial charge in [0.1, 0.15) is 0 Å². The topological polar surface area (TPSA) is 60.7 Å². The molecule has 0 aliphatic heterocycles. The lowest BCUT2D eigenvalue weighted by Gasteiger charge is -2.18. The Morgan fingerprint density at radius 1 is 1.10 bits per heavy atom. The summed E-state index contributed by atoms with van der Waals surface area (Å²) in [6, 6.07) is 10.2. The molecule has 3 heteroatoms. The number of aromatic hydroxyl groups is 2. The summed E-state index contributed by atoms with van der Waals surface area (Å²) in [6.45, 7) is 1.58. The highest BCUT2D eigenvalue weighted by atomic mass is 16.3. The maximum atomic E-state index is 10.1. The monoisotopic (exact) mass is 270 g/mol. The number of rotatable bonds is 2. The summed E-state index contributed by atoms with van der Waals surface area (Å²) in [6.07, 6.45) is 1.76. The number of benzene rings is 2. The van der Waals surface area contributed by atoms with Crippen molar-refractivity contribution in [1.29, 1.82) is 0 Å². The first-order valence-electron chi connectivity index (χ1n) is 6.87. The summed E-state index contributed by atoms with van der Waals surface area (Å²) in [5.41, 5.74) is 4.47. The second-order valence-corrected chi connectivity index (χ2v) is 5.35. The van der Waals surface area contributed by atoms with Crippen molar-refractivity contribution in [1.82, 2.24) is 0 Å². The van der Waals surface area contributed by atoms with Gasteiger partial charge >= 0.3 is 0 Å². The molecule has 2 aromatic carbocycles. The van der Waals surface area contributed by atoms with Crippen LogP contribution in [0.3, 0.4) is 0 Å². The fourth-order valence-electron chi connectivity index (χ4n) is 3.36. The molecule has 1 aliphatic rings. The smallest absolute Gasteiger partial charge is 0.163 e. The molecular weight excluding hydrogens is 252 g/mol. The van der Waals surface area contributed by atoms with Gasteiger partial charge in [-0.15, -0.1) is 0 Å². The Hall–Kier alpha value is -2.00. The Bertz CT molecular complexity index is 647. The Morgan fingerprint density at radius 3 is 2.45 bits per heavy atom. The number of aliphatic hydroxyl groups excluding tert-OH is 1. The summed E-state index contributed by atoms with van der Waals surface area (Å²) in [7, 11) is 0. The molecule has 0 spiro atoms. The molecule has 0 bridgehead atoms. The van der Waals surface area contributed by atoms with Crippen LogP contribution < -0.4 is 0 Å². The van der Waals surface area contributed by atoms with Crippen molar-refractivity contribution < 1.29 is 15.3 Å². The molecule has 0 fully saturated rings. The molecule has 3 nitrogen and oxygen atoms in total. The fraction of sp³-hybridized carbons (Fsp3) is 0.294. The minimum atomic E-state index is -0.247. The third-order valence-corrected chi connectivity index (χ3v) is 4.35. The molecule has 3 rings (SSSR count). The standard InChI is InChI=1S/C17H18O3/c1-10-15-12(11-5-3-2-4-6-11)7-8-13(15)14(9-18)17(20)16(10)19/h2-6,12,18-20H,7-9H2,1H3. The average Bonchev–Trinajstić information content (AvgIpc) is 2.91. The maximum absolute atomic E-state index is 10.1. The molecule has 1 aliphatic carbocycles. The molecule has 1 unspecified atom stereocenters. The molecule has 1 atom stereocenters. The minimum Gasteiger partial charge on any atom is -0.504 e. The fourth-order valence-corrected chi connectivity index (χ4v) is 3.36. The van der Waals surface area contributed by atoms with E-state index in [0.29, 0.717) is 5.56 Å². The van der Waals surface area contributed by atoms with Gasteiger partial charge in [-0.25, -0.2) is 0 Å². The summed E-state index contributed by atoms with van der Waals surface area (Å²) >= 11 is 0. The van der Waals surface area contributed by atoms with Gasteiger partial charge in [-0.2, -0.15) is 0 Å². The van der Waals surface area contributed by atoms with Crippen LogP contribution in [0.2, 0.25) is 0 Å². The zero-order valence-corrected chi connectivity index (χ0v) is 11.4. The quantitative estimate of drug-likeness (QED) is 0.735. The van der Waals surface area contributed by atoms with Crippen molar-refractivity contribution >= 4 is 0 Å². The molecule has 0 aromatic heterocycles. The summed E-state index contributed by atoms with van der Waals surface area (Å²) in [5, 5.41) is 29.6. The van der Waals surface area contributed by atoms with Crippen LogP contribution in [-0.4, -0.2) is 15.3 Å². The van der Waals surface area contributed by atoms with Gasteiger partial charge in [0.2, 0.25) is 0 Å². The number of hydrogen-bond donors (Lipinski definition) is 3. The number of aliphatic hydroxyl groups is 1. The van der Waals surface area contributed by atoms with E-state index in [0.717, 1.165) is 29.5 Å². The number of fused-ring (bicyclic) bond motifs is 1. The van der Waals surface area contributed by atoms with Crippen molar-refractivity contribution in [3.63, 3.8) is 0 Å². The van der Waals surface area contributed by atoms with Crippen molar-refractivity contribution in [3.8, 4) is 11.5 Å². The highest BCUT2D eigenvalue weighted by Gasteiger charge is 2.31. The van der Waals surface area contributed by atoms with Crippen LogP contribution in [0.5, 0.6) is 11.5 Å². The van der Waals surface area contributed by atoms with Crippen molar-refractivity contribution in [2.45, 2.75) is 32.3 Å². The Kier molecular flexibility index (Phi) is 3.14. The number of hydrogen-bond acceptors (Lipinski definition) is 3. The molecule has 2 aromatic rings. The lowest BCUT2D eigenvalue weighted by Crippen LogP contribution is -2.02. The summed E-state index contributed by atoms with van der Waals surface area (Å²) < 4.78 is 0. The van der Waals surface area contributed by atoms with Gasteiger partial charge in [0.15, 0.2) is 11.5 Å². The summed E-state index contributed by atoms with van der Waals surface area (Å²) in [4.78, 5) is 0. The molecule has 104 valence electrons. The third kappa shape index (κ3) is 1.78. The van der Waals surface area contributed by atoms with Gasteiger partial charge in [0.25, 0.3) is 0 Å². The van der Waals surface area contributed by atoms with Crippen molar-refractivity contribution in [2.24, 2.45) is 0 Å². The molecule has 0 radical (unpaired) electrons. The van der Waals surface area contributed by atoms with E-state index in [-0.39, 0.29) is 24.0 Å². The van der Waals surface area contributed by atoms with Crippen LogP contribution >= 0.6 is 0 Å². The first-order chi connectivity index (χ1) is 9.65. The van der Waals surface area contributed by atoms with Crippen LogP contribution in [0.4, 0.5) is 0 Å². The van der Waals surface area contributed by atoms with E-state index in [1.807, 2.05) is 25.1 Å². The van der Waals surface area contributed by atoms with Crippen LogP contribution in [0.1, 0.15) is 40.2 Å². The Labute approximate surface area is 118 Å².